The van der Waals surface area contributed by atoms with Gasteiger partial charge in [0.1, 0.15) is 0 Å². The van der Waals surface area contributed by atoms with Crippen LogP contribution >= 0.6 is 0 Å². The molecule has 23 heavy (non-hydrogen) atoms. The Balaban J connectivity index is 0.000000332. The zero-order valence-electron chi connectivity index (χ0n) is 13.1. The maximum atomic E-state index is 10.2. The van der Waals surface area contributed by atoms with E-state index in [1.807, 2.05) is 0 Å². The van der Waals surface area contributed by atoms with E-state index in [4.69, 9.17) is 15.3 Å². The van der Waals surface area contributed by atoms with Crippen molar-refractivity contribution in [2.75, 3.05) is 6.61 Å². The van der Waals surface area contributed by atoms with E-state index in [2.05, 4.69) is 6.92 Å². The van der Waals surface area contributed by atoms with Crippen molar-refractivity contribution in [3.8, 4) is 0 Å². The molecule has 0 unspecified atom stereocenters. The van der Waals surface area contributed by atoms with E-state index in [1.54, 1.807) is 60.7 Å². The number of aromatic carboxylic acids is 2. The molecule has 5 nitrogen and oxygen atoms in total. The molecule has 0 saturated carbocycles. The molecule has 0 spiro atoms. The molecule has 5 heteroatoms. The van der Waals surface area contributed by atoms with Gasteiger partial charge in [0.05, 0.1) is 11.1 Å². The Morgan fingerprint density at radius 3 is 1.26 bits per heavy atom. The fourth-order valence-corrected chi connectivity index (χ4v) is 1.32. The number of aliphatic hydroxyl groups excluding tert-OH is 1. The standard InChI is InChI=1S/2C7H6O2.C4H10O/c2*8-7(9)6-4-2-1-3-5-6;1-2-3-4-5/h2*1-5H,(H,8,9);5H,2-4H2,1H3. The van der Waals surface area contributed by atoms with Crippen LogP contribution in [-0.4, -0.2) is 33.9 Å². The number of unbranched alkanes of at least 4 members (excludes halogenated alkanes) is 1. The highest BCUT2D eigenvalue weighted by Gasteiger charge is 1.97. The maximum Gasteiger partial charge on any atom is 0.335 e. The van der Waals surface area contributed by atoms with E-state index in [9.17, 15) is 9.59 Å². The zero-order valence-corrected chi connectivity index (χ0v) is 13.1. The van der Waals surface area contributed by atoms with Gasteiger partial charge >= 0.3 is 11.9 Å². The summed E-state index contributed by atoms with van der Waals surface area (Å²) in [5.74, 6) is -1.76. The lowest BCUT2D eigenvalue weighted by Crippen LogP contribution is -1.93. The molecule has 3 N–H and O–H groups in total. The molecule has 0 aliphatic rings. The fourth-order valence-electron chi connectivity index (χ4n) is 1.32. The van der Waals surface area contributed by atoms with Crippen molar-refractivity contribution < 1.29 is 24.9 Å². The van der Waals surface area contributed by atoms with Gasteiger partial charge in [0.15, 0.2) is 0 Å². The van der Waals surface area contributed by atoms with Crippen molar-refractivity contribution in [3.63, 3.8) is 0 Å². The van der Waals surface area contributed by atoms with Gasteiger partial charge in [-0.05, 0) is 30.7 Å². The molecule has 2 aromatic rings. The Morgan fingerprint density at radius 2 is 1.13 bits per heavy atom. The monoisotopic (exact) mass is 318 g/mol. The summed E-state index contributed by atoms with van der Waals surface area (Å²) in [6.07, 6.45) is 2.04. The first kappa shape index (κ1) is 20.3. The van der Waals surface area contributed by atoms with Gasteiger partial charge in [0, 0.05) is 6.61 Å². The molecule has 0 radical (unpaired) electrons. The van der Waals surface area contributed by atoms with Crippen molar-refractivity contribution in [1.82, 2.24) is 0 Å². The van der Waals surface area contributed by atoms with Crippen molar-refractivity contribution in [1.29, 1.82) is 0 Å². The Morgan fingerprint density at radius 1 is 0.783 bits per heavy atom. The minimum absolute atomic E-state index is 0.331. The number of benzene rings is 2. The third kappa shape index (κ3) is 10.7. The second kappa shape index (κ2) is 13.0. The second-order valence-corrected chi connectivity index (χ2v) is 4.42. The highest BCUT2D eigenvalue weighted by Crippen LogP contribution is 1.96. The molecule has 0 heterocycles. The first-order valence-electron chi connectivity index (χ1n) is 7.20. The Labute approximate surface area is 135 Å². The summed E-state index contributed by atoms with van der Waals surface area (Å²) >= 11 is 0. The summed E-state index contributed by atoms with van der Waals surface area (Å²) in [5, 5.41) is 24.8. The topological polar surface area (TPSA) is 94.8 Å². The van der Waals surface area contributed by atoms with Crippen LogP contribution < -0.4 is 0 Å². The van der Waals surface area contributed by atoms with Gasteiger partial charge in [-0.1, -0.05) is 49.7 Å². The Bertz CT molecular complexity index is 501. The van der Waals surface area contributed by atoms with Crippen molar-refractivity contribution in [2.24, 2.45) is 0 Å². The molecule has 0 saturated heterocycles. The number of carbonyl (C=O) groups is 2. The quantitative estimate of drug-likeness (QED) is 0.801. The molecular weight excluding hydrogens is 296 g/mol. The molecule has 0 fully saturated rings. The first-order chi connectivity index (χ1) is 11.0. The van der Waals surface area contributed by atoms with E-state index in [-0.39, 0.29) is 0 Å². The number of rotatable bonds is 4. The largest absolute Gasteiger partial charge is 0.478 e. The third-order valence-electron chi connectivity index (χ3n) is 2.55. The van der Waals surface area contributed by atoms with Gasteiger partial charge in [-0.25, -0.2) is 9.59 Å². The summed E-state index contributed by atoms with van der Waals surface area (Å²) in [6, 6.07) is 16.6. The molecule has 0 aromatic heterocycles. The number of hydrogen-bond acceptors (Lipinski definition) is 3. The molecule has 2 rings (SSSR count). The zero-order chi connectivity index (χ0) is 17.5. The lowest BCUT2D eigenvalue weighted by molar-refractivity contribution is 0.0686. The van der Waals surface area contributed by atoms with Gasteiger partial charge in [0.2, 0.25) is 0 Å². The van der Waals surface area contributed by atoms with E-state index in [1.165, 1.54) is 0 Å². The molecule has 0 amide bonds. The van der Waals surface area contributed by atoms with Gasteiger partial charge in [-0.15, -0.1) is 0 Å². The summed E-state index contributed by atoms with van der Waals surface area (Å²) in [7, 11) is 0. The predicted octanol–water partition coefficient (Wildman–Crippen LogP) is 3.55. The second-order valence-electron chi connectivity index (χ2n) is 4.42. The van der Waals surface area contributed by atoms with Gasteiger partial charge < -0.3 is 15.3 Å². The van der Waals surface area contributed by atoms with Crippen LogP contribution in [0.15, 0.2) is 60.7 Å². The van der Waals surface area contributed by atoms with Crippen LogP contribution in [0.1, 0.15) is 40.5 Å². The molecule has 0 atom stereocenters. The number of carboxylic acid groups (broad SMARTS) is 2. The van der Waals surface area contributed by atoms with Gasteiger partial charge in [0.25, 0.3) is 0 Å². The first-order valence-corrected chi connectivity index (χ1v) is 7.20. The number of hydrogen-bond donors (Lipinski definition) is 3. The van der Waals surface area contributed by atoms with Crippen LogP contribution in [0.2, 0.25) is 0 Å². The summed E-state index contributed by atoms with van der Waals surface area (Å²) < 4.78 is 0. The third-order valence-corrected chi connectivity index (χ3v) is 2.55. The molecule has 0 aliphatic carbocycles. The highest BCUT2D eigenvalue weighted by atomic mass is 16.4. The number of aliphatic hydroxyl groups is 1. The van der Waals surface area contributed by atoms with Crippen LogP contribution in [0.25, 0.3) is 0 Å². The van der Waals surface area contributed by atoms with Crippen molar-refractivity contribution >= 4 is 11.9 Å². The Kier molecular flexibility index (Phi) is 11.5. The lowest BCUT2D eigenvalue weighted by Gasteiger charge is -1.88. The molecular formula is C18H22O5. The fraction of sp³-hybridized carbons (Fsp3) is 0.222. The minimum atomic E-state index is -0.879. The van der Waals surface area contributed by atoms with E-state index in [0.717, 1.165) is 12.8 Å². The predicted molar refractivity (Wildman–Crippen MR) is 88.8 cm³/mol. The molecule has 124 valence electrons. The van der Waals surface area contributed by atoms with Crippen LogP contribution in [-0.2, 0) is 0 Å². The van der Waals surface area contributed by atoms with Crippen molar-refractivity contribution in [2.45, 2.75) is 19.8 Å². The average molecular weight is 318 g/mol. The molecule has 0 aliphatic heterocycles. The normalized spacial score (nSPS) is 8.78. The van der Waals surface area contributed by atoms with Crippen LogP contribution in [0.5, 0.6) is 0 Å². The smallest absolute Gasteiger partial charge is 0.335 e. The summed E-state index contributed by atoms with van der Waals surface area (Å²) in [6.45, 7) is 2.40. The van der Waals surface area contributed by atoms with E-state index in [0.29, 0.717) is 17.7 Å². The van der Waals surface area contributed by atoms with Crippen molar-refractivity contribution in [3.05, 3.63) is 71.8 Å². The molecule has 0 bridgehead atoms. The average Bonchev–Trinajstić information content (AvgIpc) is 2.58. The summed E-state index contributed by atoms with van der Waals surface area (Å²) in [4.78, 5) is 20.4. The molecule has 2 aromatic carbocycles. The minimum Gasteiger partial charge on any atom is -0.478 e. The SMILES string of the molecule is CCCCO.O=C(O)c1ccccc1.O=C(O)c1ccccc1. The number of carboxylic acids is 2. The van der Waals surface area contributed by atoms with E-state index < -0.39 is 11.9 Å². The van der Waals surface area contributed by atoms with E-state index >= 15 is 0 Å². The van der Waals surface area contributed by atoms with Gasteiger partial charge in [-0.2, -0.15) is 0 Å². The van der Waals surface area contributed by atoms with Gasteiger partial charge in [-0.3, -0.25) is 0 Å². The lowest BCUT2D eigenvalue weighted by atomic mass is 10.2. The van der Waals surface area contributed by atoms with Crippen LogP contribution in [0.3, 0.4) is 0 Å². The highest BCUT2D eigenvalue weighted by molar-refractivity contribution is 5.87. The summed E-state index contributed by atoms with van der Waals surface area (Å²) in [5.41, 5.74) is 0.662. The maximum absolute atomic E-state index is 10.2. The van der Waals surface area contributed by atoms with Crippen LogP contribution in [0.4, 0.5) is 0 Å². The Hall–Kier alpha value is -2.66. The van der Waals surface area contributed by atoms with Crippen LogP contribution in [0, 0.1) is 0 Å².